The summed E-state index contributed by atoms with van der Waals surface area (Å²) in [6.45, 7) is 3.41. The van der Waals surface area contributed by atoms with Crippen LogP contribution in [0.25, 0.3) is 0 Å². The highest BCUT2D eigenvalue weighted by molar-refractivity contribution is 5.92. The van der Waals surface area contributed by atoms with Gasteiger partial charge in [0.1, 0.15) is 5.78 Å². The highest BCUT2D eigenvalue weighted by atomic mass is 16.2. The summed E-state index contributed by atoms with van der Waals surface area (Å²) in [5.41, 5.74) is 2.01. The number of benzene rings is 1. The highest BCUT2D eigenvalue weighted by Gasteiger charge is 2.32. The van der Waals surface area contributed by atoms with Crippen LogP contribution in [-0.4, -0.2) is 46.7 Å². The van der Waals surface area contributed by atoms with Crippen LogP contribution in [0.4, 0.5) is 10.5 Å². The standard InChI is InChI=1S/C18H23N3O3/c1-13(22)6-7-17(23)20-10-8-15(9-11-20)21-12-14-4-2-3-5-16(14)19-18(21)24/h2-5,15H,6-12H2,1H3,(H,19,24). The number of fused-ring (bicyclic) bond motifs is 1. The lowest BCUT2D eigenvalue weighted by Gasteiger charge is -2.40. The third-order valence-electron chi connectivity index (χ3n) is 4.81. The van der Waals surface area contributed by atoms with Crippen LogP contribution in [0.3, 0.4) is 0 Å². The van der Waals surface area contributed by atoms with E-state index in [4.69, 9.17) is 0 Å². The molecule has 3 rings (SSSR count). The minimum atomic E-state index is -0.0601. The molecule has 0 spiro atoms. The van der Waals surface area contributed by atoms with Gasteiger partial charge < -0.3 is 19.9 Å². The van der Waals surface area contributed by atoms with E-state index < -0.39 is 0 Å². The van der Waals surface area contributed by atoms with Gasteiger partial charge in [0.25, 0.3) is 0 Å². The Balaban J connectivity index is 1.56. The SMILES string of the molecule is CC(=O)CCC(=O)N1CCC(N2Cc3ccccc3NC2=O)CC1. The minimum absolute atomic E-state index is 0.0390. The highest BCUT2D eigenvalue weighted by Crippen LogP contribution is 2.27. The second-order valence-corrected chi connectivity index (χ2v) is 6.53. The molecule has 0 unspecified atom stereocenters. The molecule has 0 aliphatic carbocycles. The summed E-state index contributed by atoms with van der Waals surface area (Å²) in [6.07, 6.45) is 2.16. The Labute approximate surface area is 141 Å². The first-order valence-corrected chi connectivity index (χ1v) is 8.47. The summed E-state index contributed by atoms with van der Waals surface area (Å²) in [7, 11) is 0. The van der Waals surface area contributed by atoms with Crippen molar-refractivity contribution in [3.63, 3.8) is 0 Å². The number of piperidine rings is 1. The lowest BCUT2D eigenvalue weighted by atomic mass is 10.0. The maximum absolute atomic E-state index is 12.3. The lowest BCUT2D eigenvalue weighted by molar-refractivity contribution is -0.134. The van der Waals surface area contributed by atoms with E-state index in [1.54, 1.807) is 0 Å². The van der Waals surface area contributed by atoms with Crippen molar-refractivity contribution in [2.75, 3.05) is 18.4 Å². The first-order valence-electron chi connectivity index (χ1n) is 8.47. The molecule has 6 nitrogen and oxygen atoms in total. The molecule has 0 aromatic heterocycles. The van der Waals surface area contributed by atoms with Crippen molar-refractivity contribution in [2.45, 2.75) is 45.2 Å². The van der Waals surface area contributed by atoms with Crippen molar-refractivity contribution in [3.05, 3.63) is 29.8 Å². The van der Waals surface area contributed by atoms with Gasteiger partial charge in [0, 0.05) is 44.2 Å². The first kappa shape index (κ1) is 16.5. The number of ketones is 1. The third kappa shape index (κ3) is 3.58. The maximum atomic E-state index is 12.3. The predicted molar refractivity (Wildman–Crippen MR) is 90.5 cm³/mol. The number of nitrogens with one attached hydrogen (secondary N) is 1. The fourth-order valence-electron chi connectivity index (χ4n) is 3.39. The van der Waals surface area contributed by atoms with Crippen molar-refractivity contribution in [1.29, 1.82) is 0 Å². The summed E-state index contributed by atoms with van der Waals surface area (Å²) in [6, 6.07) is 7.93. The molecule has 1 N–H and O–H groups in total. The zero-order chi connectivity index (χ0) is 17.1. The number of anilines is 1. The van der Waals surface area contributed by atoms with Crippen LogP contribution in [0, 0.1) is 0 Å². The first-order chi connectivity index (χ1) is 11.5. The predicted octanol–water partition coefficient (Wildman–Crippen LogP) is 2.39. The molecular weight excluding hydrogens is 306 g/mol. The van der Waals surface area contributed by atoms with Crippen molar-refractivity contribution in [1.82, 2.24) is 9.80 Å². The van der Waals surface area contributed by atoms with Gasteiger partial charge in [-0.2, -0.15) is 0 Å². The van der Waals surface area contributed by atoms with E-state index in [0.717, 1.165) is 24.1 Å². The van der Waals surface area contributed by atoms with Crippen LogP contribution in [0.15, 0.2) is 24.3 Å². The Morgan fingerprint density at radius 1 is 1.17 bits per heavy atom. The zero-order valence-corrected chi connectivity index (χ0v) is 14.0. The lowest BCUT2D eigenvalue weighted by Crippen LogP contribution is -2.51. The van der Waals surface area contributed by atoms with Gasteiger partial charge in [-0.15, -0.1) is 0 Å². The summed E-state index contributed by atoms with van der Waals surface area (Å²) in [5, 5.41) is 2.94. The Bertz CT molecular complexity index is 651. The van der Waals surface area contributed by atoms with Gasteiger partial charge in [-0.05, 0) is 31.4 Å². The molecule has 2 aliphatic heterocycles. The Kier molecular flexibility index (Phi) is 4.83. The van der Waals surface area contributed by atoms with Crippen LogP contribution in [0.1, 0.15) is 38.2 Å². The second-order valence-electron chi connectivity index (χ2n) is 6.53. The normalized spacial score (nSPS) is 18.1. The van der Waals surface area contributed by atoms with E-state index in [9.17, 15) is 14.4 Å². The number of likely N-dealkylation sites (tertiary alicyclic amines) is 1. The van der Waals surface area contributed by atoms with E-state index in [1.165, 1.54) is 6.92 Å². The second kappa shape index (κ2) is 7.03. The van der Waals surface area contributed by atoms with Crippen LogP contribution in [0.5, 0.6) is 0 Å². The topological polar surface area (TPSA) is 69.7 Å². The smallest absolute Gasteiger partial charge is 0.322 e. The van der Waals surface area contributed by atoms with Crippen LogP contribution in [0.2, 0.25) is 0 Å². The molecule has 3 amide bonds. The number of hydrogen-bond acceptors (Lipinski definition) is 3. The molecule has 1 fully saturated rings. The van der Waals surface area contributed by atoms with Crippen LogP contribution < -0.4 is 5.32 Å². The molecule has 0 saturated carbocycles. The monoisotopic (exact) mass is 329 g/mol. The fourth-order valence-corrected chi connectivity index (χ4v) is 3.39. The maximum Gasteiger partial charge on any atom is 0.322 e. The molecule has 2 heterocycles. The van der Waals surface area contributed by atoms with Crippen LogP contribution in [-0.2, 0) is 16.1 Å². The van der Waals surface area contributed by atoms with Gasteiger partial charge >= 0.3 is 6.03 Å². The molecule has 128 valence electrons. The van der Waals surface area contributed by atoms with E-state index >= 15 is 0 Å². The summed E-state index contributed by atoms with van der Waals surface area (Å²) >= 11 is 0. The van der Waals surface area contributed by atoms with Crippen molar-refractivity contribution >= 4 is 23.4 Å². The van der Waals surface area contributed by atoms with Gasteiger partial charge in [0.15, 0.2) is 0 Å². The number of para-hydroxylation sites is 1. The van der Waals surface area contributed by atoms with E-state index in [1.807, 2.05) is 34.1 Å². The molecule has 0 bridgehead atoms. The van der Waals surface area contributed by atoms with Gasteiger partial charge in [-0.3, -0.25) is 4.79 Å². The molecule has 24 heavy (non-hydrogen) atoms. The summed E-state index contributed by atoms with van der Waals surface area (Å²) in [4.78, 5) is 39.1. The quantitative estimate of drug-likeness (QED) is 0.922. The average molecular weight is 329 g/mol. The molecule has 2 aliphatic rings. The molecular formula is C18H23N3O3. The largest absolute Gasteiger partial charge is 0.343 e. The van der Waals surface area contributed by atoms with Gasteiger partial charge in [-0.25, -0.2) is 4.79 Å². The Morgan fingerprint density at radius 2 is 1.88 bits per heavy atom. The number of carbonyl (C=O) groups excluding carboxylic acids is 3. The van der Waals surface area contributed by atoms with Crippen molar-refractivity contribution in [2.24, 2.45) is 0 Å². The van der Waals surface area contributed by atoms with E-state index in [0.29, 0.717) is 26.1 Å². The number of hydrogen-bond donors (Lipinski definition) is 1. The molecule has 1 saturated heterocycles. The average Bonchev–Trinajstić information content (AvgIpc) is 2.59. The van der Waals surface area contributed by atoms with Gasteiger partial charge in [0.05, 0.1) is 0 Å². The Morgan fingerprint density at radius 3 is 2.58 bits per heavy atom. The molecule has 6 heteroatoms. The fraction of sp³-hybridized carbons (Fsp3) is 0.500. The van der Waals surface area contributed by atoms with Crippen molar-refractivity contribution < 1.29 is 14.4 Å². The molecule has 0 radical (unpaired) electrons. The number of Topliss-reactive ketones (excluding diaryl/α,β-unsaturated/α-hetero) is 1. The number of amides is 3. The summed E-state index contributed by atoms with van der Waals surface area (Å²) in [5.74, 6) is 0.0824. The zero-order valence-electron chi connectivity index (χ0n) is 14.0. The van der Waals surface area contributed by atoms with Crippen molar-refractivity contribution in [3.8, 4) is 0 Å². The number of rotatable bonds is 4. The van der Waals surface area contributed by atoms with E-state index in [-0.39, 0.29) is 30.2 Å². The van der Waals surface area contributed by atoms with Crippen LogP contribution >= 0.6 is 0 Å². The van der Waals surface area contributed by atoms with E-state index in [2.05, 4.69) is 5.32 Å². The van der Waals surface area contributed by atoms with Gasteiger partial charge in [0.2, 0.25) is 5.91 Å². The number of nitrogens with zero attached hydrogens (tertiary/aromatic N) is 2. The Hall–Kier alpha value is -2.37. The molecule has 1 aromatic rings. The number of carbonyl (C=O) groups is 3. The molecule has 0 atom stereocenters. The summed E-state index contributed by atoms with van der Waals surface area (Å²) < 4.78 is 0. The molecule has 1 aromatic carbocycles. The van der Waals surface area contributed by atoms with Gasteiger partial charge in [-0.1, -0.05) is 18.2 Å². The third-order valence-corrected chi connectivity index (χ3v) is 4.81. The number of urea groups is 1. The minimum Gasteiger partial charge on any atom is -0.343 e.